The van der Waals surface area contributed by atoms with E-state index in [0.29, 0.717) is 0 Å². The van der Waals surface area contributed by atoms with Gasteiger partial charge < -0.3 is 9.64 Å². The second kappa shape index (κ2) is 6.06. The summed E-state index contributed by atoms with van der Waals surface area (Å²) in [6, 6.07) is 0. The van der Waals surface area contributed by atoms with Crippen LogP contribution in [0.3, 0.4) is 0 Å². The summed E-state index contributed by atoms with van der Waals surface area (Å²) in [5, 5.41) is 4.76. The van der Waals surface area contributed by atoms with Crippen molar-refractivity contribution < 1.29 is 31.1 Å². The molecule has 6 nitrogen and oxygen atoms in total. The number of carbonyl (C=O) groups excluding carboxylic acids is 1. The van der Waals surface area contributed by atoms with E-state index in [2.05, 4.69) is 4.74 Å². The molecule has 112 valence electrons. The summed E-state index contributed by atoms with van der Waals surface area (Å²) in [6.45, 7) is -0.677. The Labute approximate surface area is 108 Å². The molecule has 1 saturated heterocycles. The quantitative estimate of drug-likeness (QED) is 0.782. The summed E-state index contributed by atoms with van der Waals surface area (Å²) >= 11 is 0. The minimum Gasteiger partial charge on any atom is -0.365 e. The van der Waals surface area contributed by atoms with E-state index in [4.69, 9.17) is 5.14 Å². The highest BCUT2D eigenvalue weighted by Crippen LogP contribution is 2.25. The molecule has 1 heterocycles. The molecule has 2 N–H and O–H groups in total. The van der Waals surface area contributed by atoms with Crippen molar-refractivity contribution in [2.24, 2.45) is 5.14 Å². The average Bonchev–Trinajstić information content (AvgIpc) is 2.26. The van der Waals surface area contributed by atoms with Gasteiger partial charge in [-0.1, -0.05) is 0 Å². The van der Waals surface area contributed by atoms with Gasteiger partial charge in [-0.3, -0.25) is 4.79 Å². The van der Waals surface area contributed by atoms with Gasteiger partial charge >= 0.3 is 6.18 Å². The first-order valence-corrected chi connectivity index (χ1v) is 7.28. The molecule has 0 aromatic rings. The highest BCUT2D eigenvalue weighted by Gasteiger charge is 2.44. The zero-order chi connectivity index (χ0) is 14.7. The Morgan fingerprint density at radius 1 is 1.42 bits per heavy atom. The van der Waals surface area contributed by atoms with Crippen LogP contribution in [-0.2, 0) is 19.6 Å². The Morgan fingerprint density at radius 2 is 2.05 bits per heavy atom. The van der Waals surface area contributed by atoms with Crippen molar-refractivity contribution in [3.63, 3.8) is 0 Å². The lowest BCUT2D eigenvalue weighted by atomic mass is 10.2. The third-order valence-corrected chi connectivity index (χ3v) is 3.46. The summed E-state index contributed by atoms with van der Waals surface area (Å²) in [4.78, 5) is 12.7. The van der Waals surface area contributed by atoms with Crippen molar-refractivity contribution in [2.75, 3.05) is 25.4 Å². The Hall–Kier alpha value is -0.870. The van der Waals surface area contributed by atoms with Gasteiger partial charge in [-0.2, -0.15) is 13.2 Å². The summed E-state index contributed by atoms with van der Waals surface area (Å²) < 4.78 is 63.1. The predicted octanol–water partition coefficient (Wildman–Crippen LogP) is -0.155. The third kappa shape index (κ3) is 5.74. The zero-order valence-corrected chi connectivity index (χ0v) is 10.8. The first-order valence-electron chi connectivity index (χ1n) is 5.56. The van der Waals surface area contributed by atoms with Gasteiger partial charge in [-0.25, -0.2) is 13.6 Å². The van der Waals surface area contributed by atoms with Crippen LogP contribution in [0.2, 0.25) is 0 Å². The number of hydrogen-bond acceptors (Lipinski definition) is 4. The zero-order valence-electron chi connectivity index (χ0n) is 10.0. The fourth-order valence-electron chi connectivity index (χ4n) is 1.66. The molecule has 0 spiro atoms. The first-order chi connectivity index (χ1) is 8.59. The summed E-state index contributed by atoms with van der Waals surface area (Å²) in [6.07, 6.45) is -6.66. The molecule has 0 radical (unpaired) electrons. The van der Waals surface area contributed by atoms with Crippen molar-refractivity contribution in [1.29, 1.82) is 0 Å². The van der Waals surface area contributed by atoms with Crippen molar-refractivity contribution in [2.45, 2.75) is 25.1 Å². The Morgan fingerprint density at radius 3 is 2.58 bits per heavy atom. The minimum atomic E-state index is -4.51. The van der Waals surface area contributed by atoms with Crippen LogP contribution in [0.15, 0.2) is 0 Å². The minimum absolute atomic E-state index is 0.00823. The fourth-order valence-corrected chi connectivity index (χ4v) is 2.20. The number of rotatable bonds is 4. The van der Waals surface area contributed by atoms with E-state index in [1.165, 1.54) is 0 Å². The Balaban J connectivity index is 2.44. The number of primary sulfonamides is 1. The topological polar surface area (TPSA) is 89.7 Å². The van der Waals surface area contributed by atoms with Crippen LogP contribution in [0.4, 0.5) is 13.2 Å². The number of morpholine rings is 1. The predicted molar refractivity (Wildman–Crippen MR) is 59.6 cm³/mol. The molecule has 0 saturated carbocycles. The molecule has 0 aliphatic carbocycles. The smallest absolute Gasteiger partial charge is 0.365 e. The normalized spacial score (nSPS) is 21.5. The largest absolute Gasteiger partial charge is 0.416 e. The summed E-state index contributed by atoms with van der Waals surface area (Å²) in [7, 11) is -3.66. The van der Waals surface area contributed by atoms with Crippen molar-refractivity contribution >= 4 is 15.9 Å². The van der Waals surface area contributed by atoms with Crippen LogP contribution < -0.4 is 5.14 Å². The van der Waals surface area contributed by atoms with Crippen LogP contribution in [-0.4, -0.2) is 57.0 Å². The van der Waals surface area contributed by atoms with E-state index >= 15 is 0 Å². The van der Waals surface area contributed by atoms with Gasteiger partial charge in [0.25, 0.3) is 0 Å². The van der Waals surface area contributed by atoms with Gasteiger partial charge in [0.15, 0.2) is 6.10 Å². The molecule has 1 rings (SSSR count). The van der Waals surface area contributed by atoms with E-state index in [1.807, 2.05) is 0 Å². The number of halogens is 3. The molecule has 0 bridgehead atoms. The molecule has 1 fully saturated rings. The van der Waals surface area contributed by atoms with Gasteiger partial charge in [0.1, 0.15) is 0 Å². The van der Waals surface area contributed by atoms with Gasteiger partial charge in [0.05, 0.1) is 18.9 Å². The first kappa shape index (κ1) is 16.2. The van der Waals surface area contributed by atoms with E-state index in [9.17, 15) is 26.4 Å². The monoisotopic (exact) mass is 304 g/mol. The van der Waals surface area contributed by atoms with E-state index in [-0.39, 0.29) is 31.7 Å². The van der Waals surface area contributed by atoms with Crippen LogP contribution in [0, 0.1) is 0 Å². The van der Waals surface area contributed by atoms with Crippen LogP contribution >= 0.6 is 0 Å². The number of nitrogens with two attached hydrogens (primary N) is 1. The van der Waals surface area contributed by atoms with Gasteiger partial charge in [-0.05, 0) is 6.42 Å². The lowest BCUT2D eigenvalue weighted by Gasteiger charge is -2.33. The molecular weight excluding hydrogens is 289 g/mol. The van der Waals surface area contributed by atoms with Crippen molar-refractivity contribution in [1.82, 2.24) is 4.90 Å². The summed E-state index contributed by atoms with van der Waals surface area (Å²) in [5.74, 6) is -0.896. The lowest BCUT2D eigenvalue weighted by molar-refractivity contribution is -0.236. The third-order valence-electron chi connectivity index (χ3n) is 2.60. The average molecular weight is 304 g/mol. The number of amides is 1. The molecule has 0 aromatic heterocycles. The highest BCUT2D eigenvalue weighted by atomic mass is 32.2. The van der Waals surface area contributed by atoms with Crippen molar-refractivity contribution in [3.05, 3.63) is 0 Å². The number of nitrogens with zero attached hydrogens (tertiary/aromatic N) is 1. The van der Waals surface area contributed by atoms with Crippen molar-refractivity contribution in [3.8, 4) is 0 Å². The van der Waals surface area contributed by atoms with Gasteiger partial charge in [0, 0.05) is 13.0 Å². The summed E-state index contributed by atoms with van der Waals surface area (Å²) in [5.41, 5.74) is 0. The maximum absolute atomic E-state index is 12.4. The molecule has 1 aliphatic rings. The number of carbonyl (C=O) groups is 1. The van der Waals surface area contributed by atoms with E-state index in [0.717, 1.165) is 4.90 Å². The molecule has 1 amide bonds. The maximum Gasteiger partial charge on any atom is 0.416 e. The van der Waals surface area contributed by atoms with Gasteiger partial charge in [0.2, 0.25) is 15.9 Å². The highest BCUT2D eigenvalue weighted by molar-refractivity contribution is 7.89. The standard InChI is InChI=1S/C9H15F3N2O4S/c10-9(11,12)7-6-14(3-4-18-7)8(15)2-1-5-19(13,16)17/h7H,1-6H2,(H2,13,16,17)/t7-/m1/s1. The Bertz CT molecular complexity index is 424. The Kier molecular flexibility index (Phi) is 5.16. The SMILES string of the molecule is NS(=O)(=O)CCCC(=O)N1CCO[C@@H](C(F)(F)F)C1. The molecule has 1 atom stereocenters. The second-order valence-electron chi connectivity index (χ2n) is 4.21. The van der Waals surface area contributed by atoms with Gasteiger partial charge in [-0.15, -0.1) is 0 Å². The van der Waals surface area contributed by atoms with Crippen LogP contribution in [0.1, 0.15) is 12.8 Å². The molecule has 0 aromatic carbocycles. The second-order valence-corrected chi connectivity index (χ2v) is 5.95. The maximum atomic E-state index is 12.4. The number of alkyl halides is 3. The molecule has 10 heteroatoms. The van der Waals surface area contributed by atoms with Crippen LogP contribution in [0.5, 0.6) is 0 Å². The molecule has 19 heavy (non-hydrogen) atoms. The lowest BCUT2D eigenvalue weighted by Crippen LogP contribution is -2.51. The number of ether oxygens (including phenoxy) is 1. The molecule has 1 aliphatic heterocycles. The van der Waals surface area contributed by atoms with E-state index in [1.54, 1.807) is 0 Å². The van der Waals surface area contributed by atoms with Crippen LogP contribution in [0.25, 0.3) is 0 Å². The van der Waals surface area contributed by atoms with E-state index < -0.39 is 34.8 Å². The molecule has 0 unspecified atom stereocenters. The number of sulfonamides is 1. The molecular formula is C9H15F3N2O4S. The fraction of sp³-hybridized carbons (Fsp3) is 0.889. The number of hydrogen-bond donors (Lipinski definition) is 1.